The molecule has 4 heterocycles. The maximum Gasteiger partial charge on any atom is 0.262 e. The molecule has 0 aliphatic carbocycles. The first-order valence-electron chi connectivity index (χ1n) is 17.7. The van der Waals surface area contributed by atoms with Crippen LogP contribution in [0.3, 0.4) is 0 Å². The number of rotatable bonds is 11. The van der Waals surface area contributed by atoms with Crippen LogP contribution in [-0.2, 0) is 20.7 Å². The minimum Gasteiger partial charge on any atom is -0.370 e. The van der Waals surface area contributed by atoms with Gasteiger partial charge in [-0.15, -0.1) is 0 Å². The van der Waals surface area contributed by atoms with Gasteiger partial charge in [0.25, 0.3) is 11.8 Å². The summed E-state index contributed by atoms with van der Waals surface area (Å²) in [6.45, 7) is 9.10. The molecule has 2 atom stereocenters. The lowest BCUT2D eigenvalue weighted by Gasteiger charge is -2.42. The van der Waals surface area contributed by atoms with Crippen molar-refractivity contribution in [3.8, 4) is 17.2 Å². The number of benzene rings is 3. The number of fused-ring (bicyclic) bond motifs is 1. The van der Waals surface area contributed by atoms with E-state index >= 15 is 4.39 Å². The normalized spacial score (nSPS) is 17.8. The molecule has 3 aliphatic rings. The quantitative estimate of drug-likeness (QED) is 0.192. The van der Waals surface area contributed by atoms with Crippen molar-refractivity contribution < 1.29 is 32.8 Å². The third-order valence-electron chi connectivity index (χ3n) is 10.2. The van der Waals surface area contributed by atoms with Crippen molar-refractivity contribution in [3.05, 3.63) is 94.1 Å². The Hall–Kier alpha value is -5.87. The first-order chi connectivity index (χ1) is 25.4. The lowest BCUT2D eigenvalue weighted by atomic mass is 10.00. The average molecular weight is 719 g/mol. The van der Waals surface area contributed by atoms with E-state index in [0.717, 1.165) is 56.0 Å². The molecule has 0 saturated carbocycles. The number of anilines is 3. The Labute approximate surface area is 306 Å². The van der Waals surface area contributed by atoms with Crippen LogP contribution < -0.4 is 15.1 Å². The number of ether oxygens (including phenoxy) is 1. The third kappa shape index (κ3) is 6.78. The van der Waals surface area contributed by atoms with Gasteiger partial charge >= 0.3 is 0 Å². The molecule has 2 saturated heterocycles. The number of hydrogen-bond donors (Lipinski definition) is 1. The monoisotopic (exact) mass is 718 g/mol. The van der Waals surface area contributed by atoms with E-state index in [1.54, 1.807) is 4.90 Å². The van der Waals surface area contributed by atoms with E-state index < -0.39 is 35.5 Å². The van der Waals surface area contributed by atoms with Gasteiger partial charge in [-0.2, -0.15) is 5.26 Å². The number of amides is 4. The van der Waals surface area contributed by atoms with Crippen LogP contribution >= 0.6 is 0 Å². The van der Waals surface area contributed by atoms with E-state index in [9.17, 15) is 19.2 Å². The first kappa shape index (κ1) is 35.5. The maximum absolute atomic E-state index is 15.4. The molecule has 4 amide bonds. The standard InChI is InChI=1S/C40H39FN6O6/c1-22-7-10-27(37-24(3)44-53-25(37)4)16-34(22)46(28-11-8-26(9-12-28)6-5-15-42)19-23(2)52-29-20-45(21-29)35-18-31-30(17-32(35)41)39(50)47(40(31)51)33-13-14-36(48)43-38(33)49/h7-12,16-18,23,29,33H,5-6,13-14,19-21H2,1-4H3,(H,43,48,49). The number of piperidine rings is 1. The van der Waals surface area contributed by atoms with Crippen molar-refractivity contribution in [2.24, 2.45) is 0 Å². The number of nitrogens with one attached hydrogen (secondary N) is 1. The van der Waals surface area contributed by atoms with Crippen molar-refractivity contribution in [2.75, 3.05) is 29.4 Å². The number of nitriles is 1. The highest BCUT2D eigenvalue weighted by Gasteiger charge is 2.46. The van der Waals surface area contributed by atoms with Crippen molar-refractivity contribution in [1.82, 2.24) is 15.4 Å². The molecule has 1 N–H and O–H groups in total. The summed E-state index contributed by atoms with van der Waals surface area (Å²) in [6.07, 6.45) is 0.650. The topological polar surface area (TPSA) is 149 Å². The fraction of sp³-hybridized carbons (Fsp3) is 0.350. The fourth-order valence-electron chi connectivity index (χ4n) is 7.41. The van der Waals surface area contributed by atoms with Crippen LogP contribution in [0.2, 0.25) is 0 Å². The Kier molecular flexibility index (Phi) is 9.57. The van der Waals surface area contributed by atoms with E-state index in [1.165, 1.54) is 6.07 Å². The zero-order valence-electron chi connectivity index (χ0n) is 29.9. The molecular weight excluding hydrogens is 679 g/mol. The Morgan fingerprint density at radius 1 is 1.04 bits per heavy atom. The fourth-order valence-corrected chi connectivity index (χ4v) is 7.41. The summed E-state index contributed by atoms with van der Waals surface area (Å²) in [4.78, 5) is 55.3. The van der Waals surface area contributed by atoms with E-state index in [4.69, 9.17) is 14.5 Å². The van der Waals surface area contributed by atoms with E-state index in [-0.39, 0.29) is 41.9 Å². The Morgan fingerprint density at radius 3 is 2.42 bits per heavy atom. The van der Waals surface area contributed by atoms with E-state index in [0.29, 0.717) is 32.5 Å². The highest BCUT2D eigenvalue weighted by atomic mass is 19.1. The molecule has 2 fully saturated rings. The predicted octanol–water partition coefficient (Wildman–Crippen LogP) is 5.70. The van der Waals surface area contributed by atoms with Crippen molar-refractivity contribution >= 4 is 40.7 Å². The number of imide groups is 2. The summed E-state index contributed by atoms with van der Waals surface area (Å²) in [5.74, 6) is -2.54. The Bertz CT molecular complexity index is 2150. The van der Waals surface area contributed by atoms with Gasteiger partial charge in [-0.25, -0.2) is 4.39 Å². The summed E-state index contributed by atoms with van der Waals surface area (Å²) in [6, 6.07) is 17.9. The lowest BCUT2D eigenvalue weighted by Crippen LogP contribution is -2.54. The molecule has 13 heteroatoms. The zero-order valence-corrected chi connectivity index (χ0v) is 29.9. The molecule has 7 rings (SSSR count). The van der Waals surface area contributed by atoms with Crippen LogP contribution in [0, 0.1) is 37.9 Å². The second-order valence-electron chi connectivity index (χ2n) is 13.9. The van der Waals surface area contributed by atoms with Gasteiger partial charge in [0.1, 0.15) is 17.6 Å². The average Bonchev–Trinajstić information content (AvgIpc) is 3.57. The number of carbonyl (C=O) groups is 4. The maximum atomic E-state index is 15.4. The first-order valence-corrected chi connectivity index (χ1v) is 17.7. The summed E-state index contributed by atoms with van der Waals surface area (Å²) >= 11 is 0. The van der Waals surface area contributed by atoms with Gasteiger partial charge < -0.3 is 19.1 Å². The molecule has 0 bridgehead atoms. The molecule has 1 aromatic heterocycles. The highest BCUT2D eigenvalue weighted by molar-refractivity contribution is 6.23. The van der Waals surface area contributed by atoms with Crippen LogP contribution in [-0.4, -0.2) is 71.6 Å². The van der Waals surface area contributed by atoms with Gasteiger partial charge in [-0.05, 0) is 87.6 Å². The van der Waals surface area contributed by atoms with Gasteiger partial charge in [-0.1, -0.05) is 29.4 Å². The molecule has 0 spiro atoms. The van der Waals surface area contributed by atoms with Crippen molar-refractivity contribution in [2.45, 2.75) is 71.6 Å². The number of hydrogen-bond acceptors (Lipinski definition) is 10. The molecule has 272 valence electrons. The van der Waals surface area contributed by atoms with E-state index in [1.807, 2.05) is 32.9 Å². The van der Waals surface area contributed by atoms with Crippen LogP contribution in [0.5, 0.6) is 0 Å². The van der Waals surface area contributed by atoms with Gasteiger partial charge in [0.15, 0.2) is 0 Å². The molecule has 3 aromatic carbocycles. The van der Waals surface area contributed by atoms with Crippen LogP contribution in [0.25, 0.3) is 11.1 Å². The minimum absolute atomic E-state index is 0.00119. The number of aryl methyl sites for hydroxylation is 4. The van der Waals surface area contributed by atoms with Gasteiger partial charge in [0, 0.05) is 49.4 Å². The minimum atomic E-state index is -1.13. The zero-order chi connectivity index (χ0) is 37.6. The van der Waals surface area contributed by atoms with Crippen molar-refractivity contribution in [1.29, 1.82) is 5.26 Å². The van der Waals surface area contributed by atoms with Crippen LogP contribution in [0.15, 0.2) is 59.1 Å². The second-order valence-corrected chi connectivity index (χ2v) is 13.9. The summed E-state index contributed by atoms with van der Waals surface area (Å²) in [7, 11) is 0. The summed E-state index contributed by atoms with van der Waals surface area (Å²) < 4.78 is 27.4. The largest absolute Gasteiger partial charge is 0.370 e. The molecule has 0 radical (unpaired) electrons. The van der Waals surface area contributed by atoms with Gasteiger partial charge in [0.2, 0.25) is 11.8 Å². The summed E-state index contributed by atoms with van der Waals surface area (Å²) in [5.41, 5.74) is 6.92. The Morgan fingerprint density at radius 2 is 1.75 bits per heavy atom. The van der Waals surface area contributed by atoms with Gasteiger partial charge in [0.05, 0.1) is 40.8 Å². The molecule has 53 heavy (non-hydrogen) atoms. The predicted molar refractivity (Wildman–Crippen MR) is 193 cm³/mol. The SMILES string of the molecule is Cc1ccc(-c2c(C)noc2C)cc1N(CC(C)OC1CN(c2cc3c(cc2F)C(=O)N(C2CCC(=O)NC2=O)C3=O)C1)c1ccc(CCC#N)cc1. The second kappa shape index (κ2) is 14.3. The molecule has 4 aromatic rings. The van der Waals surface area contributed by atoms with Crippen LogP contribution in [0.1, 0.15) is 69.5 Å². The van der Waals surface area contributed by atoms with E-state index in [2.05, 4.69) is 58.7 Å². The number of carbonyl (C=O) groups excluding carboxylic acids is 4. The van der Waals surface area contributed by atoms with Gasteiger partial charge in [-0.3, -0.25) is 29.4 Å². The molecule has 12 nitrogen and oxygen atoms in total. The summed E-state index contributed by atoms with van der Waals surface area (Å²) in [5, 5.41) is 15.4. The third-order valence-corrected chi connectivity index (χ3v) is 10.2. The molecule has 3 aliphatic heterocycles. The van der Waals surface area contributed by atoms with Crippen molar-refractivity contribution in [3.63, 3.8) is 0 Å². The Balaban J connectivity index is 1.07. The highest BCUT2D eigenvalue weighted by Crippen LogP contribution is 2.37. The smallest absolute Gasteiger partial charge is 0.262 e. The van der Waals surface area contributed by atoms with Crippen LogP contribution in [0.4, 0.5) is 21.5 Å². The number of aromatic nitrogens is 1. The lowest BCUT2D eigenvalue weighted by molar-refractivity contribution is -0.136. The number of nitrogens with zero attached hydrogens (tertiary/aromatic N) is 5. The number of halogens is 1. The molecule has 2 unspecified atom stereocenters. The molecular formula is C40H39FN6O6.